The number of likely N-dealkylation sites (N-methyl/N-ethyl adjacent to an activating group) is 1. The molecule has 2 rings (SSSR count). The molecule has 3 nitrogen and oxygen atoms in total. The first-order valence-electron chi connectivity index (χ1n) is 6.49. The van der Waals surface area contributed by atoms with E-state index in [1.807, 2.05) is 12.1 Å². The van der Waals surface area contributed by atoms with Gasteiger partial charge in [-0.1, -0.05) is 17.7 Å². The molecule has 1 aromatic carbocycles. The van der Waals surface area contributed by atoms with Crippen molar-refractivity contribution in [2.24, 2.45) is 0 Å². The van der Waals surface area contributed by atoms with Gasteiger partial charge in [0, 0.05) is 19.1 Å². The summed E-state index contributed by atoms with van der Waals surface area (Å²) < 4.78 is 0. The number of likely N-dealkylation sites (tertiary alicyclic amines) is 1. The molecular weight excluding hydrogens is 246 g/mol. The maximum atomic E-state index is 5.94. The number of hydrogen-bond acceptors (Lipinski definition) is 3. The lowest BCUT2D eigenvalue weighted by Gasteiger charge is -2.36. The SMILES string of the molecule is CN(C)C1CCCN(Cc2ccc(Cl)c(N)c2)C1. The highest BCUT2D eigenvalue weighted by atomic mass is 35.5. The Morgan fingerprint density at radius 1 is 1.44 bits per heavy atom. The Hall–Kier alpha value is -0.770. The predicted octanol–water partition coefficient (Wildman–Crippen LogP) is 2.45. The monoisotopic (exact) mass is 267 g/mol. The molecule has 18 heavy (non-hydrogen) atoms. The molecule has 4 heteroatoms. The van der Waals surface area contributed by atoms with Crippen molar-refractivity contribution in [2.75, 3.05) is 32.9 Å². The summed E-state index contributed by atoms with van der Waals surface area (Å²) in [5.74, 6) is 0. The van der Waals surface area contributed by atoms with Crippen LogP contribution in [0, 0.1) is 0 Å². The van der Waals surface area contributed by atoms with Gasteiger partial charge in [-0.05, 0) is 51.2 Å². The molecule has 100 valence electrons. The molecule has 2 N–H and O–H groups in total. The van der Waals surface area contributed by atoms with Crippen LogP contribution in [0.15, 0.2) is 18.2 Å². The van der Waals surface area contributed by atoms with E-state index in [2.05, 4.69) is 30.0 Å². The highest BCUT2D eigenvalue weighted by Crippen LogP contribution is 2.22. The maximum Gasteiger partial charge on any atom is 0.0635 e. The first-order chi connectivity index (χ1) is 8.56. The van der Waals surface area contributed by atoms with E-state index in [1.165, 1.54) is 24.9 Å². The van der Waals surface area contributed by atoms with Gasteiger partial charge in [0.1, 0.15) is 0 Å². The minimum atomic E-state index is 0.642. The zero-order chi connectivity index (χ0) is 13.1. The zero-order valence-electron chi connectivity index (χ0n) is 11.2. The number of nitrogens with zero attached hydrogens (tertiary/aromatic N) is 2. The van der Waals surface area contributed by atoms with Crippen LogP contribution in [0.1, 0.15) is 18.4 Å². The van der Waals surface area contributed by atoms with Crippen LogP contribution < -0.4 is 5.73 Å². The Morgan fingerprint density at radius 2 is 2.22 bits per heavy atom. The Labute approximate surface area is 115 Å². The van der Waals surface area contributed by atoms with Crippen molar-refractivity contribution in [2.45, 2.75) is 25.4 Å². The highest BCUT2D eigenvalue weighted by Gasteiger charge is 2.21. The molecule has 1 atom stereocenters. The van der Waals surface area contributed by atoms with Gasteiger partial charge in [0.25, 0.3) is 0 Å². The lowest BCUT2D eigenvalue weighted by molar-refractivity contribution is 0.128. The number of nitrogen functional groups attached to an aromatic ring is 1. The van der Waals surface area contributed by atoms with E-state index in [0.29, 0.717) is 16.8 Å². The quantitative estimate of drug-likeness (QED) is 0.854. The molecule has 0 saturated carbocycles. The Morgan fingerprint density at radius 3 is 2.89 bits per heavy atom. The number of nitrogens with two attached hydrogens (primary N) is 1. The smallest absolute Gasteiger partial charge is 0.0635 e. The van der Waals surface area contributed by atoms with Gasteiger partial charge in [-0.2, -0.15) is 0 Å². The Bertz CT molecular complexity index is 406. The summed E-state index contributed by atoms with van der Waals surface area (Å²) in [6.45, 7) is 3.27. The summed E-state index contributed by atoms with van der Waals surface area (Å²) in [4.78, 5) is 4.82. The van der Waals surface area contributed by atoms with Crippen LogP contribution in [0.2, 0.25) is 5.02 Å². The number of anilines is 1. The number of piperidine rings is 1. The van der Waals surface area contributed by atoms with E-state index >= 15 is 0 Å². The average Bonchev–Trinajstić information content (AvgIpc) is 2.34. The normalized spacial score (nSPS) is 21.4. The number of rotatable bonds is 3. The summed E-state index contributed by atoms with van der Waals surface area (Å²) in [6, 6.07) is 6.61. The van der Waals surface area contributed by atoms with E-state index in [9.17, 15) is 0 Å². The van der Waals surface area contributed by atoms with E-state index < -0.39 is 0 Å². The largest absolute Gasteiger partial charge is 0.398 e. The fourth-order valence-electron chi connectivity index (χ4n) is 2.55. The molecule has 1 heterocycles. The van der Waals surface area contributed by atoms with Gasteiger partial charge in [-0.15, -0.1) is 0 Å². The topological polar surface area (TPSA) is 32.5 Å². The first-order valence-corrected chi connectivity index (χ1v) is 6.87. The summed E-state index contributed by atoms with van der Waals surface area (Å²) in [6.07, 6.45) is 2.57. The Balaban J connectivity index is 1.98. The van der Waals surface area contributed by atoms with E-state index in [0.717, 1.165) is 13.1 Å². The Kier molecular flexibility index (Phi) is 4.49. The van der Waals surface area contributed by atoms with Crippen molar-refractivity contribution in [1.29, 1.82) is 0 Å². The fourth-order valence-corrected chi connectivity index (χ4v) is 2.66. The molecule has 1 aromatic rings. The number of benzene rings is 1. The van der Waals surface area contributed by atoms with Crippen LogP contribution in [-0.2, 0) is 6.54 Å². The summed E-state index contributed by atoms with van der Waals surface area (Å²) in [5.41, 5.74) is 7.77. The fraction of sp³-hybridized carbons (Fsp3) is 0.571. The van der Waals surface area contributed by atoms with Crippen LogP contribution in [0.4, 0.5) is 5.69 Å². The van der Waals surface area contributed by atoms with Gasteiger partial charge < -0.3 is 10.6 Å². The van der Waals surface area contributed by atoms with Crippen LogP contribution >= 0.6 is 11.6 Å². The van der Waals surface area contributed by atoms with Gasteiger partial charge in [-0.3, -0.25) is 4.90 Å². The number of hydrogen-bond donors (Lipinski definition) is 1. The lowest BCUT2D eigenvalue weighted by Crippen LogP contribution is -2.44. The van der Waals surface area contributed by atoms with Gasteiger partial charge >= 0.3 is 0 Å². The van der Waals surface area contributed by atoms with E-state index in [-0.39, 0.29) is 0 Å². The van der Waals surface area contributed by atoms with Crippen molar-refractivity contribution >= 4 is 17.3 Å². The third kappa shape index (κ3) is 3.37. The van der Waals surface area contributed by atoms with Crippen LogP contribution in [0.25, 0.3) is 0 Å². The minimum absolute atomic E-state index is 0.642. The van der Waals surface area contributed by atoms with E-state index in [1.54, 1.807) is 0 Å². The highest BCUT2D eigenvalue weighted by molar-refractivity contribution is 6.33. The molecular formula is C14H22ClN3. The third-order valence-electron chi connectivity index (χ3n) is 3.68. The van der Waals surface area contributed by atoms with Gasteiger partial charge in [0.05, 0.1) is 10.7 Å². The molecule has 1 fully saturated rings. The second-order valence-electron chi connectivity index (χ2n) is 5.35. The zero-order valence-corrected chi connectivity index (χ0v) is 12.0. The van der Waals surface area contributed by atoms with Crippen molar-refractivity contribution in [3.8, 4) is 0 Å². The van der Waals surface area contributed by atoms with Crippen LogP contribution in [-0.4, -0.2) is 43.0 Å². The molecule has 0 bridgehead atoms. The van der Waals surface area contributed by atoms with Gasteiger partial charge in [-0.25, -0.2) is 0 Å². The molecule has 0 amide bonds. The standard InChI is InChI=1S/C14H22ClN3/c1-17(2)12-4-3-7-18(10-12)9-11-5-6-13(15)14(16)8-11/h5-6,8,12H,3-4,7,9-10,16H2,1-2H3. The van der Waals surface area contributed by atoms with E-state index in [4.69, 9.17) is 17.3 Å². The second kappa shape index (κ2) is 5.91. The molecule has 0 radical (unpaired) electrons. The van der Waals surface area contributed by atoms with Gasteiger partial charge in [0.15, 0.2) is 0 Å². The van der Waals surface area contributed by atoms with Gasteiger partial charge in [0.2, 0.25) is 0 Å². The van der Waals surface area contributed by atoms with Crippen molar-refractivity contribution in [1.82, 2.24) is 9.80 Å². The molecule has 0 spiro atoms. The molecule has 0 aromatic heterocycles. The molecule has 0 aliphatic carbocycles. The number of halogens is 1. The first kappa shape index (κ1) is 13.7. The predicted molar refractivity (Wildman–Crippen MR) is 77.9 cm³/mol. The summed E-state index contributed by atoms with van der Waals surface area (Å²) in [5, 5.41) is 0.642. The minimum Gasteiger partial charge on any atom is -0.398 e. The summed E-state index contributed by atoms with van der Waals surface area (Å²) >= 11 is 5.94. The van der Waals surface area contributed by atoms with Crippen molar-refractivity contribution in [3.05, 3.63) is 28.8 Å². The summed E-state index contributed by atoms with van der Waals surface area (Å²) in [7, 11) is 4.32. The molecule has 1 saturated heterocycles. The average molecular weight is 268 g/mol. The van der Waals surface area contributed by atoms with Crippen LogP contribution in [0.3, 0.4) is 0 Å². The van der Waals surface area contributed by atoms with Crippen molar-refractivity contribution < 1.29 is 0 Å². The van der Waals surface area contributed by atoms with Crippen molar-refractivity contribution in [3.63, 3.8) is 0 Å². The third-order valence-corrected chi connectivity index (χ3v) is 4.02. The van der Waals surface area contributed by atoms with Crippen LogP contribution in [0.5, 0.6) is 0 Å². The maximum absolute atomic E-state index is 5.94. The molecule has 1 unspecified atom stereocenters. The lowest BCUT2D eigenvalue weighted by atomic mass is 10.0. The second-order valence-corrected chi connectivity index (χ2v) is 5.76. The molecule has 1 aliphatic heterocycles. The molecule has 1 aliphatic rings.